The van der Waals surface area contributed by atoms with Gasteiger partial charge in [0.15, 0.2) is 0 Å². The van der Waals surface area contributed by atoms with Gasteiger partial charge in [0, 0.05) is 55.1 Å². The maximum Gasteiger partial charge on any atom is 0.236 e. The molecule has 1 amide bonds. The molecule has 1 aliphatic rings. The monoisotopic (exact) mass is 437 g/mol. The molecule has 1 fully saturated rings. The van der Waals surface area contributed by atoms with E-state index in [1.807, 2.05) is 54.7 Å². The number of carbonyl (C=O) groups excluding carboxylic acids is 1. The molecule has 4 rings (SSSR count). The molecule has 162 valence electrons. The number of rotatable bonds is 7. The Hall–Kier alpha value is -2.90. The van der Waals surface area contributed by atoms with Crippen molar-refractivity contribution in [1.82, 2.24) is 14.2 Å². The van der Waals surface area contributed by atoms with Crippen molar-refractivity contribution in [2.75, 3.05) is 26.2 Å². The van der Waals surface area contributed by atoms with Crippen LogP contribution >= 0.6 is 0 Å². The molecule has 3 aromatic rings. The number of amides is 1. The van der Waals surface area contributed by atoms with Gasteiger partial charge >= 0.3 is 0 Å². The van der Waals surface area contributed by atoms with Crippen molar-refractivity contribution < 1.29 is 13.2 Å². The fraction of sp³-hybridized carbons (Fsp3) is 0.292. The van der Waals surface area contributed by atoms with Crippen molar-refractivity contribution in [3.63, 3.8) is 0 Å². The Labute approximate surface area is 183 Å². The van der Waals surface area contributed by atoms with E-state index >= 15 is 0 Å². The van der Waals surface area contributed by atoms with E-state index in [0.717, 1.165) is 23.9 Å². The maximum absolute atomic E-state index is 12.6. The minimum absolute atomic E-state index is 0.0942. The number of nitrogens with zero attached hydrogens (tertiary/aromatic N) is 2. The van der Waals surface area contributed by atoms with E-state index in [4.69, 9.17) is 0 Å². The SMILES string of the molecule is O=C(CCCc1c[nH]c2ccccc12)N1CCN(S(=O)(=O)/C=C/c2ccccc2)CC1. The number of benzene rings is 2. The van der Waals surface area contributed by atoms with E-state index in [1.165, 1.54) is 20.7 Å². The van der Waals surface area contributed by atoms with Crippen LogP contribution in [-0.2, 0) is 21.2 Å². The van der Waals surface area contributed by atoms with Crippen LogP contribution in [0.4, 0.5) is 0 Å². The number of fused-ring (bicyclic) bond motifs is 1. The molecule has 0 saturated carbocycles. The third kappa shape index (κ3) is 5.24. The van der Waals surface area contributed by atoms with Crippen LogP contribution in [0.1, 0.15) is 24.0 Å². The zero-order valence-electron chi connectivity index (χ0n) is 17.4. The molecule has 1 N–H and O–H groups in total. The molecule has 1 saturated heterocycles. The number of piperazine rings is 1. The van der Waals surface area contributed by atoms with Gasteiger partial charge in [-0.2, -0.15) is 4.31 Å². The van der Waals surface area contributed by atoms with Gasteiger partial charge in [0.05, 0.1) is 0 Å². The van der Waals surface area contributed by atoms with E-state index in [0.29, 0.717) is 32.6 Å². The van der Waals surface area contributed by atoms with Crippen molar-refractivity contribution in [2.24, 2.45) is 0 Å². The molecular formula is C24H27N3O3S. The molecule has 6 nitrogen and oxygen atoms in total. The number of carbonyl (C=O) groups is 1. The van der Waals surface area contributed by atoms with Gasteiger partial charge in [0.2, 0.25) is 15.9 Å². The first-order valence-corrected chi connectivity index (χ1v) is 12.1. The van der Waals surface area contributed by atoms with E-state index in [-0.39, 0.29) is 5.91 Å². The number of hydrogen-bond acceptors (Lipinski definition) is 3. The molecule has 2 heterocycles. The fourth-order valence-electron chi connectivity index (χ4n) is 3.93. The lowest BCUT2D eigenvalue weighted by molar-refractivity contribution is -0.132. The summed E-state index contributed by atoms with van der Waals surface area (Å²) in [4.78, 5) is 17.6. The second kappa shape index (κ2) is 9.49. The molecule has 0 spiro atoms. The first kappa shape index (κ1) is 21.3. The van der Waals surface area contributed by atoms with Gasteiger partial charge in [-0.15, -0.1) is 0 Å². The Bertz CT molecular complexity index is 1160. The Balaban J connectivity index is 1.25. The first-order chi connectivity index (χ1) is 15.0. The third-order valence-electron chi connectivity index (χ3n) is 5.69. The Morgan fingerprint density at radius 2 is 1.68 bits per heavy atom. The average Bonchev–Trinajstić information content (AvgIpc) is 3.22. The minimum Gasteiger partial charge on any atom is -0.361 e. The van der Waals surface area contributed by atoms with Gasteiger partial charge < -0.3 is 9.88 Å². The summed E-state index contributed by atoms with van der Waals surface area (Å²) in [6.45, 7) is 1.53. The van der Waals surface area contributed by atoms with Crippen molar-refractivity contribution in [3.8, 4) is 0 Å². The molecule has 0 unspecified atom stereocenters. The van der Waals surface area contributed by atoms with Gasteiger partial charge in [0.25, 0.3) is 0 Å². The zero-order valence-corrected chi connectivity index (χ0v) is 18.2. The number of nitrogens with one attached hydrogen (secondary N) is 1. The highest BCUT2D eigenvalue weighted by atomic mass is 32.2. The van der Waals surface area contributed by atoms with E-state index < -0.39 is 10.0 Å². The summed E-state index contributed by atoms with van der Waals surface area (Å²) in [6.07, 6.45) is 5.72. The Morgan fingerprint density at radius 3 is 2.45 bits per heavy atom. The largest absolute Gasteiger partial charge is 0.361 e. The molecule has 2 aromatic carbocycles. The lowest BCUT2D eigenvalue weighted by Gasteiger charge is -2.33. The number of hydrogen-bond donors (Lipinski definition) is 1. The molecule has 1 aliphatic heterocycles. The predicted octanol–water partition coefficient (Wildman–Crippen LogP) is 3.64. The summed E-state index contributed by atoms with van der Waals surface area (Å²) in [7, 11) is -3.49. The van der Waals surface area contributed by atoms with Gasteiger partial charge in [-0.25, -0.2) is 8.42 Å². The molecular weight excluding hydrogens is 410 g/mol. The molecule has 1 aromatic heterocycles. The summed E-state index contributed by atoms with van der Waals surface area (Å²) >= 11 is 0. The Kier molecular flexibility index (Phi) is 6.53. The van der Waals surface area contributed by atoms with Crippen LogP contribution in [-0.4, -0.2) is 54.7 Å². The number of aryl methyl sites for hydroxylation is 1. The van der Waals surface area contributed by atoms with Crippen LogP contribution in [0.5, 0.6) is 0 Å². The predicted molar refractivity (Wildman–Crippen MR) is 124 cm³/mol. The van der Waals surface area contributed by atoms with Crippen LogP contribution in [0, 0.1) is 0 Å². The van der Waals surface area contributed by atoms with Crippen LogP contribution in [0.15, 0.2) is 66.2 Å². The molecule has 31 heavy (non-hydrogen) atoms. The number of aromatic nitrogens is 1. The van der Waals surface area contributed by atoms with Gasteiger partial charge in [-0.3, -0.25) is 4.79 Å². The molecule has 0 bridgehead atoms. The number of sulfonamides is 1. The number of aromatic amines is 1. The second-order valence-corrected chi connectivity index (χ2v) is 9.57. The van der Waals surface area contributed by atoms with E-state index in [9.17, 15) is 13.2 Å². The molecule has 7 heteroatoms. The highest BCUT2D eigenvalue weighted by Crippen LogP contribution is 2.20. The van der Waals surface area contributed by atoms with Crippen molar-refractivity contribution >= 4 is 32.9 Å². The van der Waals surface area contributed by atoms with Gasteiger partial charge in [-0.05, 0) is 36.1 Å². The smallest absolute Gasteiger partial charge is 0.236 e. The van der Waals surface area contributed by atoms with Crippen LogP contribution in [0.2, 0.25) is 0 Å². The van der Waals surface area contributed by atoms with E-state index in [2.05, 4.69) is 11.1 Å². The summed E-state index contributed by atoms with van der Waals surface area (Å²) in [5.74, 6) is 0.0942. The van der Waals surface area contributed by atoms with Gasteiger partial charge in [0.1, 0.15) is 0 Å². The summed E-state index contributed by atoms with van der Waals surface area (Å²) in [6, 6.07) is 17.5. The van der Waals surface area contributed by atoms with Crippen LogP contribution in [0.3, 0.4) is 0 Å². The molecule has 0 aliphatic carbocycles. The number of para-hydroxylation sites is 1. The lowest BCUT2D eigenvalue weighted by Crippen LogP contribution is -2.50. The van der Waals surface area contributed by atoms with Crippen molar-refractivity contribution in [3.05, 3.63) is 77.3 Å². The van der Waals surface area contributed by atoms with Crippen LogP contribution in [0.25, 0.3) is 17.0 Å². The molecule has 0 radical (unpaired) electrons. The number of H-pyrrole nitrogens is 1. The van der Waals surface area contributed by atoms with Crippen LogP contribution < -0.4 is 0 Å². The normalized spacial score (nSPS) is 15.7. The second-order valence-electron chi connectivity index (χ2n) is 7.75. The summed E-state index contributed by atoms with van der Waals surface area (Å²) in [5, 5.41) is 2.46. The zero-order chi connectivity index (χ0) is 21.7. The standard InChI is InChI=1S/C24H27N3O3S/c28-24(12-6-9-21-19-25-23-11-5-4-10-22(21)23)26-14-16-27(17-15-26)31(29,30)18-13-20-7-2-1-3-8-20/h1-5,7-8,10-11,13,18-19,25H,6,9,12,14-17H2/b18-13+. The average molecular weight is 438 g/mol. The van der Waals surface area contributed by atoms with Crippen molar-refractivity contribution in [2.45, 2.75) is 19.3 Å². The van der Waals surface area contributed by atoms with Gasteiger partial charge in [-0.1, -0.05) is 48.5 Å². The summed E-state index contributed by atoms with van der Waals surface area (Å²) in [5.41, 5.74) is 3.18. The lowest BCUT2D eigenvalue weighted by atomic mass is 10.1. The highest BCUT2D eigenvalue weighted by Gasteiger charge is 2.27. The summed E-state index contributed by atoms with van der Waals surface area (Å²) < 4.78 is 26.6. The maximum atomic E-state index is 12.6. The molecule has 0 atom stereocenters. The third-order valence-corrected chi connectivity index (χ3v) is 7.26. The highest BCUT2D eigenvalue weighted by molar-refractivity contribution is 7.92. The first-order valence-electron chi connectivity index (χ1n) is 10.6. The fourth-order valence-corrected chi connectivity index (χ4v) is 5.11. The minimum atomic E-state index is -3.49. The Morgan fingerprint density at radius 1 is 0.968 bits per heavy atom. The topological polar surface area (TPSA) is 73.5 Å². The quantitative estimate of drug-likeness (QED) is 0.613. The van der Waals surface area contributed by atoms with Crippen molar-refractivity contribution in [1.29, 1.82) is 0 Å². The van der Waals surface area contributed by atoms with E-state index in [1.54, 1.807) is 11.0 Å².